The smallest absolute Gasteiger partial charge is 0.133 e. The van der Waals surface area contributed by atoms with Gasteiger partial charge in [-0.2, -0.15) is 0 Å². The summed E-state index contributed by atoms with van der Waals surface area (Å²) in [4.78, 5) is 9.55. The van der Waals surface area contributed by atoms with E-state index in [1.165, 1.54) is 12.1 Å². The van der Waals surface area contributed by atoms with E-state index in [4.69, 9.17) is 28.2 Å². The van der Waals surface area contributed by atoms with Crippen LogP contribution in [-0.2, 0) is 0 Å². The number of nitrogens with zero attached hydrogens (tertiary/aromatic N) is 2. The molecule has 0 aliphatic carbocycles. The second-order valence-electron chi connectivity index (χ2n) is 7.90. The first-order chi connectivity index (χ1) is 15.5. The van der Waals surface area contributed by atoms with Crippen LogP contribution in [0.1, 0.15) is 24.5 Å². The number of hydrogen-bond acceptors (Lipinski definition) is 3. The molecule has 0 spiro atoms. The van der Waals surface area contributed by atoms with E-state index < -0.39 is 11.6 Å². The minimum Gasteiger partial charge on any atom is -0.317 e. The van der Waals surface area contributed by atoms with Crippen LogP contribution in [0.15, 0.2) is 54.7 Å². The molecule has 1 saturated heterocycles. The number of halogens is 4. The Bertz CT molecular complexity index is 1300. The maximum Gasteiger partial charge on any atom is 0.133 e. The first-order valence-corrected chi connectivity index (χ1v) is 11.2. The second-order valence-corrected chi connectivity index (χ2v) is 8.71. The lowest BCUT2D eigenvalue weighted by Gasteiger charge is -2.24. The Labute approximate surface area is 194 Å². The number of nitrogens with one attached hydrogen (secondary N) is 1. The van der Waals surface area contributed by atoms with Crippen molar-refractivity contribution in [3.8, 4) is 22.4 Å². The van der Waals surface area contributed by atoms with Gasteiger partial charge in [-0.15, -0.1) is 0 Å². The molecular weight excluding hydrogens is 451 g/mol. The molecule has 0 saturated carbocycles. The lowest BCUT2D eigenvalue weighted by Crippen LogP contribution is -2.27. The van der Waals surface area contributed by atoms with Gasteiger partial charge in [-0.3, -0.25) is 9.97 Å². The lowest BCUT2D eigenvalue weighted by molar-refractivity contribution is 0.454. The normalized spacial score (nSPS) is 14.8. The minimum absolute atomic E-state index is 0.220. The molecule has 1 aliphatic heterocycles. The summed E-state index contributed by atoms with van der Waals surface area (Å²) in [7, 11) is 0. The van der Waals surface area contributed by atoms with Crippen LogP contribution in [-0.4, -0.2) is 23.1 Å². The van der Waals surface area contributed by atoms with Crippen LogP contribution in [0.2, 0.25) is 10.0 Å². The Morgan fingerprint density at radius 1 is 0.906 bits per heavy atom. The van der Waals surface area contributed by atoms with Crippen molar-refractivity contribution in [2.45, 2.75) is 18.8 Å². The maximum absolute atomic E-state index is 14.9. The highest BCUT2D eigenvalue weighted by Gasteiger charge is 2.23. The molecule has 0 amide bonds. The number of hydrogen-bond donors (Lipinski definition) is 1. The van der Waals surface area contributed by atoms with E-state index in [1.807, 2.05) is 6.07 Å². The third-order valence-electron chi connectivity index (χ3n) is 5.93. The molecule has 1 fully saturated rings. The Morgan fingerprint density at radius 3 is 2.38 bits per heavy atom. The summed E-state index contributed by atoms with van der Waals surface area (Å²) in [5, 5.41) is 4.98. The predicted molar refractivity (Wildman–Crippen MR) is 125 cm³/mol. The zero-order chi connectivity index (χ0) is 22.2. The SMILES string of the molecule is Fc1ccc(-c2cc(C3CCNCC3)nc3c(-c4c(Cl)cccc4Cl)nccc23)c(F)c1. The monoisotopic (exact) mass is 469 g/mol. The molecule has 0 atom stereocenters. The van der Waals surface area contributed by atoms with Gasteiger partial charge in [-0.25, -0.2) is 8.78 Å². The van der Waals surface area contributed by atoms with Gasteiger partial charge in [0.25, 0.3) is 0 Å². The number of fused-ring (bicyclic) bond motifs is 1. The van der Waals surface area contributed by atoms with Gasteiger partial charge in [0.15, 0.2) is 0 Å². The topological polar surface area (TPSA) is 37.8 Å². The summed E-state index contributed by atoms with van der Waals surface area (Å²) in [6.45, 7) is 1.78. The fraction of sp³-hybridized carbons (Fsp3) is 0.200. The van der Waals surface area contributed by atoms with Crippen molar-refractivity contribution in [2.24, 2.45) is 0 Å². The highest BCUT2D eigenvalue weighted by molar-refractivity contribution is 6.39. The Balaban J connectivity index is 1.83. The number of piperidine rings is 1. The average molecular weight is 470 g/mol. The van der Waals surface area contributed by atoms with Gasteiger partial charge in [-0.05, 0) is 67.9 Å². The van der Waals surface area contributed by atoms with Gasteiger partial charge in [0.05, 0.1) is 21.3 Å². The van der Waals surface area contributed by atoms with E-state index in [0.717, 1.165) is 37.7 Å². The molecule has 162 valence electrons. The first kappa shape index (κ1) is 21.3. The fourth-order valence-corrected chi connectivity index (χ4v) is 4.91. The molecule has 32 heavy (non-hydrogen) atoms. The van der Waals surface area contributed by atoms with Crippen LogP contribution < -0.4 is 5.32 Å². The van der Waals surface area contributed by atoms with E-state index in [9.17, 15) is 8.78 Å². The fourth-order valence-electron chi connectivity index (χ4n) is 4.34. The highest BCUT2D eigenvalue weighted by atomic mass is 35.5. The second kappa shape index (κ2) is 8.74. The van der Waals surface area contributed by atoms with Gasteiger partial charge in [0, 0.05) is 40.4 Å². The molecular formula is C25H19Cl2F2N3. The molecule has 0 radical (unpaired) electrons. The van der Waals surface area contributed by atoms with Gasteiger partial charge in [0.2, 0.25) is 0 Å². The van der Waals surface area contributed by atoms with Crippen LogP contribution in [0.4, 0.5) is 8.78 Å². The summed E-state index contributed by atoms with van der Waals surface area (Å²) in [6.07, 6.45) is 3.48. The predicted octanol–water partition coefficient (Wildman–Crippen LogP) is 7.02. The van der Waals surface area contributed by atoms with Gasteiger partial charge >= 0.3 is 0 Å². The van der Waals surface area contributed by atoms with Crippen LogP contribution >= 0.6 is 23.2 Å². The van der Waals surface area contributed by atoms with E-state index >= 15 is 0 Å². The quantitative estimate of drug-likeness (QED) is 0.350. The van der Waals surface area contributed by atoms with Crippen LogP contribution in [0.5, 0.6) is 0 Å². The van der Waals surface area contributed by atoms with Crippen LogP contribution in [0.3, 0.4) is 0 Å². The summed E-state index contributed by atoms with van der Waals surface area (Å²) < 4.78 is 28.5. The van der Waals surface area contributed by atoms with Crippen molar-refractivity contribution < 1.29 is 8.78 Å². The van der Waals surface area contributed by atoms with Crippen molar-refractivity contribution in [3.05, 3.63) is 82.1 Å². The first-order valence-electron chi connectivity index (χ1n) is 10.4. The van der Waals surface area contributed by atoms with Gasteiger partial charge < -0.3 is 5.32 Å². The molecule has 2 aromatic carbocycles. The molecule has 2 aromatic heterocycles. The van der Waals surface area contributed by atoms with E-state index in [1.54, 1.807) is 30.5 Å². The highest BCUT2D eigenvalue weighted by Crippen LogP contribution is 2.40. The third kappa shape index (κ3) is 3.85. The van der Waals surface area contributed by atoms with Crippen molar-refractivity contribution in [1.82, 2.24) is 15.3 Å². The molecule has 1 aliphatic rings. The van der Waals surface area contributed by atoms with Crippen molar-refractivity contribution in [3.63, 3.8) is 0 Å². The number of aromatic nitrogens is 2. The van der Waals surface area contributed by atoms with E-state index in [0.29, 0.717) is 43.3 Å². The van der Waals surface area contributed by atoms with Crippen molar-refractivity contribution in [1.29, 1.82) is 0 Å². The zero-order valence-corrected chi connectivity index (χ0v) is 18.5. The standard InChI is InChI=1S/C25H19Cl2F2N3/c26-19-2-1-3-20(27)23(19)25-24-17(8-11-31-25)18(16-5-4-15(28)12-21(16)29)13-22(32-24)14-6-9-30-10-7-14/h1-5,8,11-14,30H,6-7,9-10H2. The van der Waals surface area contributed by atoms with Crippen LogP contribution in [0, 0.1) is 11.6 Å². The van der Waals surface area contributed by atoms with E-state index in [-0.39, 0.29) is 5.92 Å². The molecule has 3 nitrogen and oxygen atoms in total. The Hall–Kier alpha value is -2.60. The Morgan fingerprint density at radius 2 is 1.66 bits per heavy atom. The van der Waals surface area contributed by atoms with Gasteiger partial charge in [0.1, 0.15) is 11.6 Å². The average Bonchev–Trinajstić information content (AvgIpc) is 2.79. The number of pyridine rings is 2. The molecule has 7 heteroatoms. The number of rotatable bonds is 3. The molecule has 0 bridgehead atoms. The zero-order valence-electron chi connectivity index (χ0n) is 17.0. The van der Waals surface area contributed by atoms with E-state index in [2.05, 4.69) is 10.3 Å². The molecule has 0 unspecified atom stereocenters. The summed E-state index contributed by atoms with van der Waals surface area (Å²) >= 11 is 13.0. The Kier molecular flexibility index (Phi) is 5.80. The third-order valence-corrected chi connectivity index (χ3v) is 6.56. The summed E-state index contributed by atoms with van der Waals surface area (Å²) in [5.41, 5.74) is 3.54. The number of benzene rings is 2. The van der Waals surface area contributed by atoms with Gasteiger partial charge in [-0.1, -0.05) is 29.3 Å². The summed E-state index contributed by atoms with van der Waals surface area (Å²) in [6, 6.07) is 12.6. The lowest BCUT2D eigenvalue weighted by atomic mass is 9.90. The van der Waals surface area contributed by atoms with Crippen molar-refractivity contribution >= 4 is 34.1 Å². The molecule has 4 aromatic rings. The van der Waals surface area contributed by atoms with Crippen molar-refractivity contribution in [2.75, 3.05) is 13.1 Å². The molecule has 3 heterocycles. The minimum atomic E-state index is -0.622. The maximum atomic E-state index is 14.9. The largest absolute Gasteiger partial charge is 0.317 e. The van der Waals surface area contributed by atoms with Crippen LogP contribution in [0.25, 0.3) is 33.3 Å². The summed E-state index contributed by atoms with van der Waals surface area (Å²) in [5.74, 6) is -1.02. The molecule has 1 N–H and O–H groups in total. The molecule has 5 rings (SSSR count).